The van der Waals surface area contributed by atoms with Gasteiger partial charge in [0.25, 0.3) is 0 Å². The van der Waals surface area contributed by atoms with Crippen molar-refractivity contribution in [3.05, 3.63) is 58.9 Å². The number of hydrogen-bond donors (Lipinski definition) is 2. The van der Waals surface area contributed by atoms with Crippen LogP contribution in [0.3, 0.4) is 0 Å². The zero-order valence-electron chi connectivity index (χ0n) is 31.4. The van der Waals surface area contributed by atoms with Crippen LogP contribution < -0.4 is 0 Å². The lowest BCUT2D eigenvalue weighted by Crippen LogP contribution is -2.26. The summed E-state index contributed by atoms with van der Waals surface area (Å²) >= 11 is 0. The minimum Gasteiger partial charge on any atom is -0.494 e. The van der Waals surface area contributed by atoms with Gasteiger partial charge in [0.15, 0.2) is 24.3 Å². The van der Waals surface area contributed by atoms with E-state index in [-0.39, 0.29) is 53.8 Å². The minimum absolute atomic E-state index is 0.107. The van der Waals surface area contributed by atoms with E-state index in [1.54, 1.807) is 23.3 Å². The molecule has 1 amide bonds. The average Bonchev–Trinajstić information content (AvgIpc) is 3.92. The molecule has 286 valence electrons. The minimum atomic E-state index is -0.653. The molecule has 0 aromatic carbocycles. The largest absolute Gasteiger partial charge is 0.494 e. The predicted molar refractivity (Wildman–Crippen MR) is 196 cm³/mol. The number of rotatable bonds is 21. The van der Waals surface area contributed by atoms with Crippen LogP contribution in [0, 0.1) is 11.8 Å². The first-order valence-electron chi connectivity index (χ1n) is 19.3. The Morgan fingerprint density at radius 3 is 1.88 bits per heavy atom. The summed E-state index contributed by atoms with van der Waals surface area (Å²) in [4.78, 5) is 39.2. The second-order valence-electron chi connectivity index (χ2n) is 14.7. The normalized spacial score (nSPS) is 24.3. The summed E-state index contributed by atoms with van der Waals surface area (Å²) in [6, 6.07) is 0. The van der Waals surface area contributed by atoms with Crippen LogP contribution in [0.2, 0.25) is 0 Å². The van der Waals surface area contributed by atoms with Gasteiger partial charge in [0.05, 0.1) is 19.1 Å². The zero-order valence-corrected chi connectivity index (χ0v) is 31.4. The highest BCUT2D eigenvalue weighted by molar-refractivity contribution is 5.90. The maximum atomic E-state index is 12.9. The number of aromatic nitrogens is 1. The van der Waals surface area contributed by atoms with Crippen molar-refractivity contribution in [3.8, 4) is 11.8 Å². The number of carbonyl (C=O) groups is 3. The number of amides is 1. The molecule has 4 aliphatic rings. The Kier molecular flexibility index (Phi) is 13.8. The van der Waals surface area contributed by atoms with Crippen LogP contribution in [-0.4, -0.2) is 69.9 Å². The van der Waals surface area contributed by atoms with Crippen LogP contribution in [0.5, 0.6) is 11.8 Å². The van der Waals surface area contributed by atoms with Gasteiger partial charge in [-0.2, -0.15) is 0 Å². The molecule has 2 bridgehead atoms. The fourth-order valence-corrected chi connectivity index (χ4v) is 7.99. The first kappa shape index (κ1) is 39.4. The highest BCUT2D eigenvalue weighted by Crippen LogP contribution is 2.56. The van der Waals surface area contributed by atoms with Crippen molar-refractivity contribution < 1.29 is 43.5 Å². The number of carbonyl (C=O) groups excluding carboxylic acids is 3. The number of hydrogen-bond acceptors (Lipinski definition) is 9. The van der Waals surface area contributed by atoms with Crippen molar-refractivity contribution in [2.75, 3.05) is 19.8 Å². The molecule has 52 heavy (non-hydrogen) atoms. The lowest BCUT2D eigenvalue weighted by Gasteiger charge is -2.18. The lowest BCUT2D eigenvalue weighted by atomic mass is 9.91. The predicted octanol–water partition coefficient (Wildman–Crippen LogP) is 7.64. The van der Waals surface area contributed by atoms with Gasteiger partial charge < -0.3 is 34.1 Å². The molecule has 2 N–H and O–H groups in total. The molecular weight excluding hydrogens is 664 g/mol. The Labute approximate surface area is 308 Å². The Bertz CT molecular complexity index is 1520. The fraction of sp³-hybridized carbons (Fsp3) is 0.634. The van der Waals surface area contributed by atoms with Gasteiger partial charge in [0.2, 0.25) is 5.91 Å². The standard InChI is InChI=1S/C41H58N2O9/c1-26-15-14-16-33(26)36-27(2)39(46)42(28(36)3)21-10-6-8-17-34(44)51-29(4)49-23-12-13-24-50-30(5)52-35(45)18-9-7-11-22-43-40(47)37-31-19-20-32(25-31)38(37)41(43)48/h14,16,19-20,26-27,29-32,47-48H,3,6-13,15,17-18,21-25H2,1-2,4-5H3. The van der Waals surface area contributed by atoms with Crippen LogP contribution in [0.1, 0.15) is 128 Å². The van der Waals surface area contributed by atoms with E-state index in [1.165, 1.54) is 5.57 Å². The van der Waals surface area contributed by atoms with E-state index in [2.05, 4.69) is 37.8 Å². The van der Waals surface area contributed by atoms with E-state index in [0.29, 0.717) is 64.3 Å². The van der Waals surface area contributed by atoms with E-state index >= 15 is 0 Å². The summed E-state index contributed by atoms with van der Waals surface area (Å²) in [5.74, 6) is 0.492. The van der Waals surface area contributed by atoms with Gasteiger partial charge in [-0.05, 0) is 89.2 Å². The van der Waals surface area contributed by atoms with Crippen molar-refractivity contribution in [2.24, 2.45) is 11.8 Å². The molecule has 5 rings (SSSR count). The second-order valence-corrected chi connectivity index (χ2v) is 14.7. The van der Waals surface area contributed by atoms with Crippen LogP contribution in [0.25, 0.3) is 0 Å². The lowest BCUT2D eigenvalue weighted by molar-refractivity contribution is -0.178. The third-order valence-electron chi connectivity index (χ3n) is 10.8. The second kappa shape index (κ2) is 18.3. The number of fused-ring (bicyclic) bond motifs is 5. The van der Waals surface area contributed by atoms with Gasteiger partial charge >= 0.3 is 11.9 Å². The van der Waals surface area contributed by atoms with Crippen LogP contribution >= 0.6 is 0 Å². The Hall–Kier alpha value is -3.83. The number of aromatic hydroxyl groups is 2. The summed E-state index contributed by atoms with van der Waals surface area (Å²) in [6.07, 6.45) is 15.5. The summed E-state index contributed by atoms with van der Waals surface area (Å²) in [7, 11) is 0. The first-order chi connectivity index (χ1) is 25.0. The third-order valence-corrected chi connectivity index (χ3v) is 10.8. The summed E-state index contributed by atoms with van der Waals surface area (Å²) in [5, 5.41) is 21.3. The molecule has 0 spiro atoms. The monoisotopic (exact) mass is 722 g/mol. The maximum absolute atomic E-state index is 12.9. The molecule has 11 nitrogen and oxygen atoms in total. The first-order valence-corrected chi connectivity index (χ1v) is 19.3. The Morgan fingerprint density at radius 2 is 1.37 bits per heavy atom. The number of nitrogens with zero attached hydrogens (tertiary/aromatic N) is 2. The number of unbranched alkanes of at least 4 members (excludes halogenated alkanes) is 5. The van der Waals surface area contributed by atoms with E-state index in [1.807, 2.05) is 6.92 Å². The fourth-order valence-electron chi connectivity index (χ4n) is 7.99. The van der Waals surface area contributed by atoms with Gasteiger partial charge in [0.1, 0.15) is 0 Å². The van der Waals surface area contributed by atoms with E-state index in [9.17, 15) is 24.6 Å². The van der Waals surface area contributed by atoms with Crippen molar-refractivity contribution in [1.82, 2.24) is 9.47 Å². The summed E-state index contributed by atoms with van der Waals surface area (Å²) < 4.78 is 23.6. The molecule has 0 radical (unpaired) electrons. The van der Waals surface area contributed by atoms with Gasteiger partial charge in [-0.15, -0.1) is 0 Å². The SMILES string of the molecule is C=C1C(=C2C=CCC2C)C(C)C(=O)N1CCCCCC(=O)OC(C)OCCCCOC(C)OC(=O)CCCCCn1c(O)c2c(c1O)C1C=CC2C1. The maximum Gasteiger partial charge on any atom is 0.308 e. The van der Waals surface area contributed by atoms with Gasteiger partial charge in [-0.1, -0.05) is 50.6 Å². The smallest absolute Gasteiger partial charge is 0.308 e. The average molecular weight is 723 g/mol. The molecule has 1 aromatic rings. The number of esters is 2. The van der Waals surface area contributed by atoms with Gasteiger partial charge in [0, 0.05) is 54.6 Å². The van der Waals surface area contributed by atoms with Crippen molar-refractivity contribution >= 4 is 17.8 Å². The number of ether oxygens (including phenoxy) is 4. The molecule has 1 fully saturated rings. The van der Waals surface area contributed by atoms with Crippen molar-refractivity contribution in [3.63, 3.8) is 0 Å². The van der Waals surface area contributed by atoms with E-state index in [4.69, 9.17) is 18.9 Å². The highest BCUT2D eigenvalue weighted by atomic mass is 16.7. The number of allylic oxidation sites excluding steroid dienone is 6. The van der Waals surface area contributed by atoms with Crippen molar-refractivity contribution in [2.45, 2.75) is 136 Å². The van der Waals surface area contributed by atoms with Crippen LogP contribution in [0.4, 0.5) is 0 Å². The van der Waals surface area contributed by atoms with Crippen LogP contribution in [0.15, 0.2) is 47.7 Å². The quantitative estimate of drug-likeness (QED) is 0.0568. The van der Waals surface area contributed by atoms with Crippen molar-refractivity contribution in [1.29, 1.82) is 0 Å². The molecule has 0 saturated carbocycles. The topological polar surface area (TPSA) is 137 Å². The zero-order chi connectivity index (χ0) is 37.4. The molecule has 1 aromatic heterocycles. The molecule has 1 saturated heterocycles. The molecule has 6 atom stereocenters. The van der Waals surface area contributed by atoms with Gasteiger partial charge in [-0.3, -0.25) is 19.0 Å². The highest BCUT2D eigenvalue weighted by Gasteiger charge is 2.41. The Balaban J connectivity index is 0.832. The van der Waals surface area contributed by atoms with Crippen LogP contribution in [-0.2, 0) is 39.9 Å². The molecule has 11 heteroatoms. The molecule has 3 aliphatic carbocycles. The number of likely N-dealkylation sites (tertiary alicyclic amines) is 1. The molecule has 2 heterocycles. The molecule has 1 aliphatic heterocycles. The Morgan fingerprint density at radius 1 is 0.827 bits per heavy atom. The summed E-state index contributed by atoms with van der Waals surface area (Å²) in [6.45, 7) is 13.7. The molecular formula is C41H58N2O9. The summed E-state index contributed by atoms with van der Waals surface area (Å²) in [5.41, 5.74) is 4.88. The van der Waals surface area contributed by atoms with Gasteiger partial charge in [-0.25, -0.2) is 0 Å². The molecule has 6 unspecified atom stereocenters. The van der Waals surface area contributed by atoms with E-state index in [0.717, 1.165) is 60.9 Å². The van der Waals surface area contributed by atoms with E-state index < -0.39 is 12.6 Å². The third kappa shape index (κ3) is 9.39.